The summed E-state index contributed by atoms with van der Waals surface area (Å²) in [7, 11) is 0. The highest BCUT2D eigenvalue weighted by molar-refractivity contribution is 7.92. The SMILES string of the molecule is Cc1nn(SF)c2c(F)cc(F)cc12. The number of nitrogens with zero attached hydrogens (tertiary/aromatic N) is 2. The van der Waals surface area contributed by atoms with Crippen LogP contribution in [0.1, 0.15) is 5.69 Å². The minimum Gasteiger partial charge on any atom is -0.207 e. The Kier molecular flexibility index (Phi) is 2.14. The van der Waals surface area contributed by atoms with Crippen molar-refractivity contribution in [2.75, 3.05) is 0 Å². The highest BCUT2D eigenvalue weighted by Crippen LogP contribution is 2.25. The zero-order valence-electron chi connectivity index (χ0n) is 7.09. The number of aromatic nitrogens is 2. The molecular weight excluding hydrogens is 213 g/mol. The first kappa shape index (κ1) is 9.39. The number of halogens is 3. The lowest BCUT2D eigenvalue weighted by molar-refractivity contribution is 0.589. The van der Waals surface area contributed by atoms with E-state index in [1.54, 1.807) is 6.92 Å². The highest BCUT2D eigenvalue weighted by atomic mass is 32.2. The lowest BCUT2D eigenvalue weighted by atomic mass is 10.2. The molecule has 1 aromatic carbocycles. The zero-order chi connectivity index (χ0) is 10.3. The van der Waals surface area contributed by atoms with E-state index in [9.17, 15) is 12.7 Å². The standard InChI is InChI=1S/C8H5F3N2S/c1-4-6-2-5(9)3-7(10)8(6)13(12-4)14-11/h2-3H,1H3. The average Bonchev–Trinajstić information content (AvgIpc) is 2.43. The second-order valence-corrected chi connectivity index (χ2v) is 3.30. The van der Waals surface area contributed by atoms with Crippen LogP contribution in [0.15, 0.2) is 12.1 Å². The summed E-state index contributed by atoms with van der Waals surface area (Å²) in [5.74, 6) is -1.51. The van der Waals surface area contributed by atoms with Crippen LogP contribution in [0.4, 0.5) is 12.7 Å². The van der Waals surface area contributed by atoms with Gasteiger partial charge in [-0.15, -0.1) is 3.89 Å². The highest BCUT2D eigenvalue weighted by Gasteiger charge is 2.14. The Morgan fingerprint density at radius 3 is 2.71 bits per heavy atom. The van der Waals surface area contributed by atoms with Crippen LogP contribution in [-0.4, -0.2) is 9.19 Å². The summed E-state index contributed by atoms with van der Waals surface area (Å²) in [4.78, 5) is 0. The van der Waals surface area contributed by atoms with E-state index in [0.717, 1.165) is 10.2 Å². The number of aryl methyl sites for hydroxylation is 1. The molecule has 74 valence electrons. The lowest BCUT2D eigenvalue weighted by Gasteiger charge is -1.96. The molecule has 14 heavy (non-hydrogen) atoms. The predicted octanol–water partition coefficient (Wildman–Crippen LogP) is 3.00. The number of rotatable bonds is 1. The van der Waals surface area contributed by atoms with Crippen LogP contribution in [0.5, 0.6) is 0 Å². The summed E-state index contributed by atoms with van der Waals surface area (Å²) in [5.41, 5.74) is 0.361. The van der Waals surface area contributed by atoms with Gasteiger partial charge in [0.1, 0.15) is 11.3 Å². The third kappa shape index (κ3) is 1.26. The van der Waals surface area contributed by atoms with E-state index in [4.69, 9.17) is 0 Å². The molecule has 0 saturated heterocycles. The minimum atomic E-state index is -0.814. The van der Waals surface area contributed by atoms with E-state index < -0.39 is 11.6 Å². The molecule has 0 saturated carbocycles. The quantitative estimate of drug-likeness (QED) is 0.732. The third-order valence-corrected chi connectivity index (χ3v) is 2.31. The number of fused-ring (bicyclic) bond motifs is 1. The first-order chi connectivity index (χ1) is 6.63. The van der Waals surface area contributed by atoms with Crippen molar-refractivity contribution >= 4 is 23.2 Å². The summed E-state index contributed by atoms with van der Waals surface area (Å²) < 4.78 is 39.1. The maximum atomic E-state index is 13.2. The smallest absolute Gasteiger partial charge is 0.188 e. The molecular formula is C8H5F3N2S. The summed E-state index contributed by atoms with van der Waals surface area (Å²) in [6.07, 6.45) is 0. The molecule has 1 aromatic heterocycles. The van der Waals surface area contributed by atoms with Crippen molar-refractivity contribution in [2.45, 2.75) is 6.92 Å². The number of benzene rings is 1. The van der Waals surface area contributed by atoms with Crippen LogP contribution in [-0.2, 0) is 0 Å². The van der Waals surface area contributed by atoms with E-state index in [-0.39, 0.29) is 23.2 Å². The summed E-state index contributed by atoms with van der Waals surface area (Å²) in [6, 6.07) is 1.84. The van der Waals surface area contributed by atoms with Gasteiger partial charge in [0.25, 0.3) is 0 Å². The van der Waals surface area contributed by atoms with Gasteiger partial charge in [0.2, 0.25) is 0 Å². The number of hydrogen-bond acceptors (Lipinski definition) is 2. The second kappa shape index (κ2) is 3.20. The zero-order valence-corrected chi connectivity index (χ0v) is 7.91. The summed E-state index contributed by atoms with van der Waals surface area (Å²) >= 11 is -0.218. The molecule has 2 rings (SSSR count). The molecule has 0 spiro atoms. The Bertz CT molecular complexity index is 495. The van der Waals surface area contributed by atoms with E-state index in [1.807, 2.05) is 0 Å². The van der Waals surface area contributed by atoms with Crippen molar-refractivity contribution in [3.05, 3.63) is 29.5 Å². The van der Waals surface area contributed by atoms with E-state index in [2.05, 4.69) is 5.10 Å². The Morgan fingerprint density at radius 1 is 1.36 bits per heavy atom. The van der Waals surface area contributed by atoms with Gasteiger partial charge in [-0.05, 0) is 13.0 Å². The molecule has 0 unspecified atom stereocenters. The Morgan fingerprint density at radius 2 is 2.07 bits per heavy atom. The van der Waals surface area contributed by atoms with E-state index in [0.29, 0.717) is 11.8 Å². The van der Waals surface area contributed by atoms with Crippen molar-refractivity contribution < 1.29 is 12.7 Å². The second-order valence-electron chi connectivity index (χ2n) is 2.81. The molecule has 2 aromatic rings. The molecule has 1 heterocycles. The third-order valence-electron chi connectivity index (χ3n) is 1.92. The Hall–Kier alpha value is -1.17. The van der Waals surface area contributed by atoms with Gasteiger partial charge in [-0.3, -0.25) is 0 Å². The van der Waals surface area contributed by atoms with Crippen molar-refractivity contribution in [2.24, 2.45) is 0 Å². The first-order valence-electron chi connectivity index (χ1n) is 3.77. The van der Waals surface area contributed by atoms with Gasteiger partial charge in [-0.1, -0.05) is 0 Å². The van der Waals surface area contributed by atoms with Crippen molar-refractivity contribution in [3.63, 3.8) is 0 Å². The molecule has 0 aliphatic carbocycles. The van der Waals surface area contributed by atoms with Crippen LogP contribution in [0.25, 0.3) is 10.9 Å². The average molecular weight is 218 g/mol. The van der Waals surface area contributed by atoms with Gasteiger partial charge >= 0.3 is 0 Å². The van der Waals surface area contributed by atoms with Gasteiger partial charge in [0.15, 0.2) is 18.2 Å². The van der Waals surface area contributed by atoms with Gasteiger partial charge in [-0.2, -0.15) is 9.19 Å². The van der Waals surface area contributed by atoms with Crippen LogP contribution in [0.3, 0.4) is 0 Å². The first-order valence-corrected chi connectivity index (χ1v) is 4.44. The number of hydrogen-bond donors (Lipinski definition) is 0. The normalized spacial score (nSPS) is 11.1. The van der Waals surface area contributed by atoms with Crippen molar-refractivity contribution in [1.29, 1.82) is 0 Å². The van der Waals surface area contributed by atoms with Crippen LogP contribution < -0.4 is 0 Å². The fourth-order valence-electron chi connectivity index (χ4n) is 1.33. The maximum absolute atomic E-state index is 13.2. The van der Waals surface area contributed by atoms with Crippen molar-refractivity contribution in [3.8, 4) is 0 Å². The Balaban J connectivity index is 2.89. The van der Waals surface area contributed by atoms with Crippen LogP contribution in [0, 0.1) is 18.6 Å². The minimum absolute atomic E-state index is 0.0311. The van der Waals surface area contributed by atoms with Crippen molar-refractivity contribution in [1.82, 2.24) is 9.19 Å². The monoisotopic (exact) mass is 218 g/mol. The van der Waals surface area contributed by atoms with Gasteiger partial charge in [0, 0.05) is 11.5 Å². The van der Waals surface area contributed by atoms with E-state index in [1.165, 1.54) is 0 Å². The topological polar surface area (TPSA) is 17.8 Å². The van der Waals surface area contributed by atoms with E-state index >= 15 is 0 Å². The van der Waals surface area contributed by atoms with Gasteiger partial charge in [-0.25, -0.2) is 8.78 Å². The molecule has 0 radical (unpaired) electrons. The maximum Gasteiger partial charge on any atom is 0.188 e. The summed E-state index contributed by atoms with van der Waals surface area (Å²) in [6.45, 7) is 1.56. The van der Waals surface area contributed by atoms with Crippen LogP contribution >= 0.6 is 12.3 Å². The largest absolute Gasteiger partial charge is 0.207 e. The fourth-order valence-corrected chi connectivity index (χ4v) is 1.73. The molecule has 0 aliphatic rings. The molecule has 0 atom stereocenters. The fraction of sp³-hybridized carbons (Fsp3) is 0.125. The molecule has 0 fully saturated rings. The molecule has 0 bridgehead atoms. The lowest BCUT2D eigenvalue weighted by Crippen LogP contribution is -1.89. The van der Waals surface area contributed by atoms with Gasteiger partial charge in [0.05, 0.1) is 5.69 Å². The summed E-state index contributed by atoms with van der Waals surface area (Å²) in [5, 5.41) is 3.99. The molecule has 0 amide bonds. The van der Waals surface area contributed by atoms with Gasteiger partial charge < -0.3 is 0 Å². The molecule has 6 heteroatoms. The Labute approximate surface area is 82.1 Å². The molecule has 0 N–H and O–H groups in total. The van der Waals surface area contributed by atoms with Crippen LogP contribution in [0.2, 0.25) is 0 Å². The predicted molar refractivity (Wildman–Crippen MR) is 48.5 cm³/mol. The molecule has 2 nitrogen and oxygen atoms in total. The molecule has 0 aliphatic heterocycles.